The summed E-state index contributed by atoms with van der Waals surface area (Å²) in [5.41, 5.74) is 5.18. The van der Waals surface area contributed by atoms with Crippen LogP contribution in [0.15, 0.2) is 79.0 Å². The van der Waals surface area contributed by atoms with E-state index in [1.807, 2.05) is 55.5 Å². The smallest absolute Gasteiger partial charge is 0.245 e. The van der Waals surface area contributed by atoms with E-state index in [9.17, 15) is 19.5 Å². The highest BCUT2D eigenvalue weighted by Gasteiger charge is 2.24. The molecule has 1 aromatic heterocycles. The molecule has 0 unspecified atom stereocenters. The first kappa shape index (κ1) is 30.4. The van der Waals surface area contributed by atoms with Crippen LogP contribution in [0.3, 0.4) is 0 Å². The summed E-state index contributed by atoms with van der Waals surface area (Å²) in [6.45, 7) is 5.51. The largest absolute Gasteiger partial charge is 0.394 e. The first-order chi connectivity index (χ1) is 20.2. The molecule has 0 fully saturated rings. The number of hydrogen-bond donors (Lipinski definition) is 4. The topological polar surface area (TPSA) is 120 Å². The van der Waals surface area contributed by atoms with Crippen LogP contribution in [0, 0.1) is 13.8 Å². The number of anilines is 1. The van der Waals surface area contributed by atoms with Gasteiger partial charge in [-0.25, -0.2) is 4.98 Å². The number of rotatable bonds is 13. The van der Waals surface area contributed by atoms with Crippen molar-refractivity contribution in [3.63, 3.8) is 0 Å². The highest BCUT2D eigenvalue weighted by atomic mass is 16.3. The molecule has 0 aliphatic carbocycles. The molecular formula is C34H38N4O4. The lowest BCUT2D eigenvalue weighted by Gasteiger charge is -2.22. The summed E-state index contributed by atoms with van der Waals surface area (Å²) in [6.07, 6.45) is 2.50. The van der Waals surface area contributed by atoms with Crippen LogP contribution in [0.2, 0.25) is 0 Å². The van der Waals surface area contributed by atoms with E-state index >= 15 is 0 Å². The zero-order valence-electron chi connectivity index (χ0n) is 24.3. The van der Waals surface area contributed by atoms with Crippen molar-refractivity contribution in [2.24, 2.45) is 0 Å². The Bertz CT molecular complexity index is 1550. The molecule has 2 amide bonds. The Balaban J connectivity index is 1.38. The summed E-state index contributed by atoms with van der Waals surface area (Å²) >= 11 is 0. The minimum atomic E-state index is -1.13. The highest BCUT2D eigenvalue weighted by molar-refractivity contribution is 5.98. The molecule has 4 rings (SSSR count). The third-order valence-corrected chi connectivity index (χ3v) is 7.21. The zero-order chi connectivity index (χ0) is 30.1. The molecule has 4 N–H and O–H groups in total. The number of aliphatic hydroxyl groups is 1. The van der Waals surface area contributed by atoms with Gasteiger partial charge in [0.05, 0.1) is 12.6 Å². The third-order valence-electron chi connectivity index (χ3n) is 7.21. The lowest BCUT2D eigenvalue weighted by molar-refractivity contribution is -0.130. The molecule has 0 spiro atoms. The fraction of sp³-hybridized carbons (Fsp3) is 0.294. The van der Waals surface area contributed by atoms with Gasteiger partial charge in [-0.1, -0.05) is 60.7 Å². The predicted molar refractivity (Wildman–Crippen MR) is 166 cm³/mol. The number of carbonyl (C=O) groups is 3. The van der Waals surface area contributed by atoms with Crippen LogP contribution in [0.1, 0.15) is 48.9 Å². The zero-order valence-corrected chi connectivity index (χ0v) is 24.3. The minimum absolute atomic E-state index is 0.0866. The molecule has 4 aromatic rings. The Kier molecular flexibility index (Phi) is 10.4. The van der Waals surface area contributed by atoms with Crippen molar-refractivity contribution in [3.05, 3.63) is 95.7 Å². The summed E-state index contributed by atoms with van der Waals surface area (Å²) in [6, 6.07) is 22.3. The van der Waals surface area contributed by atoms with Crippen molar-refractivity contribution in [2.75, 3.05) is 18.5 Å². The van der Waals surface area contributed by atoms with Gasteiger partial charge in [-0.15, -0.1) is 0 Å². The standard InChI is InChI=1S/C34H38N4O4/c1-22-16-18-36-32(19-22)35-17-6-9-33(41)37-31(21-39)34(42)38-30(20-24(3)40)26-13-11-25(12-14-26)28-15-10-23(2)27-7-4-5-8-29(27)28/h4-5,7-8,10-16,18-19,30-31,39H,6,9,17,20-21H2,1-3H3,(H,35,36)(H,37,41)(H,38,42)/t30-,31-/m0/s1. The Morgan fingerprint density at radius 1 is 0.905 bits per heavy atom. The maximum Gasteiger partial charge on any atom is 0.245 e. The number of amides is 2. The fourth-order valence-electron chi connectivity index (χ4n) is 4.97. The third kappa shape index (κ3) is 8.01. The number of ketones is 1. The van der Waals surface area contributed by atoms with Crippen molar-refractivity contribution in [2.45, 2.75) is 52.1 Å². The number of hydrogen-bond acceptors (Lipinski definition) is 6. The number of aryl methyl sites for hydroxylation is 2. The van der Waals surface area contributed by atoms with Gasteiger partial charge >= 0.3 is 0 Å². The van der Waals surface area contributed by atoms with E-state index in [-0.39, 0.29) is 24.5 Å². The number of carbonyl (C=O) groups excluding carboxylic acids is 3. The van der Waals surface area contributed by atoms with Crippen LogP contribution in [-0.2, 0) is 14.4 Å². The first-order valence-electron chi connectivity index (χ1n) is 14.2. The molecule has 0 saturated heterocycles. The molecule has 0 saturated carbocycles. The number of aliphatic hydroxyl groups excluding tert-OH is 1. The fourth-order valence-corrected chi connectivity index (χ4v) is 4.97. The van der Waals surface area contributed by atoms with Crippen LogP contribution in [0.5, 0.6) is 0 Å². The monoisotopic (exact) mass is 566 g/mol. The summed E-state index contributed by atoms with van der Waals surface area (Å²) in [7, 11) is 0. The molecule has 0 bridgehead atoms. The molecular weight excluding hydrogens is 528 g/mol. The Hall–Kier alpha value is -4.56. The van der Waals surface area contributed by atoms with Crippen LogP contribution in [0.4, 0.5) is 5.82 Å². The molecule has 3 aromatic carbocycles. The average Bonchev–Trinajstić information content (AvgIpc) is 2.98. The maximum absolute atomic E-state index is 13.1. The molecule has 8 nitrogen and oxygen atoms in total. The second-order valence-corrected chi connectivity index (χ2v) is 10.6. The van der Waals surface area contributed by atoms with Gasteiger partial charge in [-0.05, 0) is 77.9 Å². The van der Waals surface area contributed by atoms with Crippen LogP contribution in [0.25, 0.3) is 21.9 Å². The number of Topliss-reactive ketones (excluding diaryl/α,β-unsaturated/α-hetero) is 1. The summed E-state index contributed by atoms with van der Waals surface area (Å²) in [4.78, 5) is 41.9. The molecule has 0 aliphatic rings. The van der Waals surface area contributed by atoms with Crippen LogP contribution >= 0.6 is 0 Å². The van der Waals surface area contributed by atoms with Crippen molar-refractivity contribution < 1.29 is 19.5 Å². The maximum atomic E-state index is 13.1. The molecule has 1 heterocycles. The van der Waals surface area contributed by atoms with Gasteiger partial charge in [0.15, 0.2) is 0 Å². The van der Waals surface area contributed by atoms with Crippen molar-refractivity contribution in [1.29, 1.82) is 0 Å². The van der Waals surface area contributed by atoms with Gasteiger partial charge in [0.2, 0.25) is 11.8 Å². The number of aromatic nitrogens is 1. The van der Waals surface area contributed by atoms with E-state index in [0.29, 0.717) is 13.0 Å². The summed E-state index contributed by atoms with van der Waals surface area (Å²) in [5.74, 6) is -0.248. The summed E-state index contributed by atoms with van der Waals surface area (Å²) in [5, 5.41) is 20.8. The van der Waals surface area contributed by atoms with Crippen LogP contribution in [-0.4, -0.2) is 46.9 Å². The van der Waals surface area contributed by atoms with E-state index in [1.54, 1.807) is 6.20 Å². The van der Waals surface area contributed by atoms with Gasteiger partial charge in [0.25, 0.3) is 0 Å². The van der Waals surface area contributed by atoms with Crippen molar-refractivity contribution >= 4 is 34.2 Å². The molecule has 0 radical (unpaired) electrons. The Morgan fingerprint density at radius 2 is 1.64 bits per heavy atom. The van der Waals surface area contributed by atoms with E-state index in [2.05, 4.69) is 52.1 Å². The van der Waals surface area contributed by atoms with Crippen molar-refractivity contribution in [1.82, 2.24) is 15.6 Å². The van der Waals surface area contributed by atoms with E-state index in [0.717, 1.165) is 33.5 Å². The molecule has 8 heteroatoms. The number of pyridine rings is 1. The Morgan fingerprint density at radius 3 is 2.33 bits per heavy atom. The lowest BCUT2D eigenvalue weighted by atomic mass is 9.93. The second-order valence-electron chi connectivity index (χ2n) is 10.6. The molecule has 0 aliphatic heterocycles. The average molecular weight is 567 g/mol. The first-order valence-corrected chi connectivity index (χ1v) is 14.2. The summed E-state index contributed by atoms with van der Waals surface area (Å²) < 4.78 is 0. The minimum Gasteiger partial charge on any atom is -0.394 e. The van der Waals surface area contributed by atoms with Gasteiger partial charge < -0.3 is 21.1 Å². The quantitative estimate of drug-likeness (QED) is 0.169. The molecule has 2 atom stereocenters. The van der Waals surface area contributed by atoms with Crippen molar-refractivity contribution in [3.8, 4) is 11.1 Å². The number of benzene rings is 3. The van der Waals surface area contributed by atoms with E-state index in [1.165, 1.54) is 17.9 Å². The van der Waals surface area contributed by atoms with Gasteiger partial charge in [0.1, 0.15) is 17.6 Å². The number of nitrogens with zero attached hydrogens (tertiary/aromatic N) is 1. The highest BCUT2D eigenvalue weighted by Crippen LogP contribution is 2.31. The van der Waals surface area contributed by atoms with Crippen LogP contribution < -0.4 is 16.0 Å². The number of fused-ring (bicyclic) bond motifs is 1. The SMILES string of the molecule is CC(=O)C[C@H](NC(=O)[C@H](CO)NC(=O)CCCNc1cc(C)ccn1)c1ccc(-c2ccc(C)c3ccccc23)cc1. The normalized spacial score (nSPS) is 12.4. The van der Waals surface area contributed by atoms with E-state index < -0.39 is 24.6 Å². The van der Waals surface area contributed by atoms with E-state index in [4.69, 9.17) is 0 Å². The molecule has 218 valence electrons. The predicted octanol–water partition coefficient (Wildman–Crippen LogP) is 5.02. The number of nitrogens with one attached hydrogen (secondary N) is 3. The van der Waals surface area contributed by atoms with Gasteiger partial charge in [0, 0.05) is 25.6 Å². The second kappa shape index (κ2) is 14.4. The lowest BCUT2D eigenvalue weighted by Crippen LogP contribution is -2.49. The van der Waals surface area contributed by atoms with Gasteiger partial charge in [-0.2, -0.15) is 0 Å². The Labute approximate surface area is 246 Å². The molecule has 42 heavy (non-hydrogen) atoms. The van der Waals surface area contributed by atoms with Gasteiger partial charge in [-0.3, -0.25) is 14.4 Å².